The summed E-state index contributed by atoms with van der Waals surface area (Å²) >= 11 is 0. The van der Waals surface area contributed by atoms with Gasteiger partial charge in [0.05, 0.1) is 40.8 Å². The molecule has 1 aliphatic heterocycles. The van der Waals surface area contributed by atoms with Crippen LogP contribution in [0.5, 0.6) is 0 Å². The minimum Gasteiger partial charge on any atom is -0.378 e. The molecule has 2 heterocycles. The van der Waals surface area contributed by atoms with Crippen molar-refractivity contribution in [2.45, 2.75) is 6.54 Å². The average molecular weight is 498 g/mol. The van der Waals surface area contributed by atoms with E-state index in [-0.39, 0.29) is 18.1 Å². The van der Waals surface area contributed by atoms with Crippen molar-refractivity contribution < 1.29 is 14.5 Å². The Bertz CT molecular complexity index is 1400. The van der Waals surface area contributed by atoms with E-state index < -0.39 is 4.92 Å². The zero-order chi connectivity index (χ0) is 25.8. The molecule has 9 nitrogen and oxygen atoms in total. The molecule has 1 aromatic heterocycles. The van der Waals surface area contributed by atoms with Gasteiger partial charge < -0.3 is 14.5 Å². The van der Waals surface area contributed by atoms with Gasteiger partial charge in [0.25, 0.3) is 11.6 Å². The van der Waals surface area contributed by atoms with E-state index in [0.29, 0.717) is 37.6 Å². The fourth-order valence-electron chi connectivity index (χ4n) is 4.50. The van der Waals surface area contributed by atoms with Gasteiger partial charge in [-0.1, -0.05) is 48.5 Å². The molecular weight excluding hydrogens is 470 g/mol. The Morgan fingerprint density at radius 1 is 1.03 bits per heavy atom. The Labute approximate surface area is 214 Å². The first kappa shape index (κ1) is 24.2. The average Bonchev–Trinajstić information content (AvgIpc) is 3.37. The minimum absolute atomic E-state index is 0.115. The molecule has 37 heavy (non-hydrogen) atoms. The molecule has 188 valence electrons. The van der Waals surface area contributed by atoms with Gasteiger partial charge in [-0.2, -0.15) is 5.10 Å². The highest BCUT2D eigenvalue weighted by atomic mass is 16.6. The number of non-ortho nitro benzene ring substituents is 1. The molecule has 0 bridgehead atoms. The van der Waals surface area contributed by atoms with E-state index in [9.17, 15) is 14.9 Å². The summed E-state index contributed by atoms with van der Waals surface area (Å²) in [6.07, 6.45) is 1.93. The molecule has 1 aliphatic rings. The highest BCUT2D eigenvalue weighted by Gasteiger charge is 2.25. The molecule has 0 spiro atoms. The van der Waals surface area contributed by atoms with Crippen LogP contribution in [0.2, 0.25) is 0 Å². The second kappa shape index (κ2) is 10.6. The number of aromatic nitrogens is 2. The zero-order valence-corrected chi connectivity index (χ0v) is 20.5. The van der Waals surface area contributed by atoms with Crippen LogP contribution in [0.25, 0.3) is 16.9 Å². The van der Waals surface area contributed by atoms with Crippen LogP contribution < -0.4 is 4.90 Å². The summed E-state index contributed by atoms with van der Waals surface area (Å²) in [7, 11) is 1.71. The van der Waals surface area contributed by atoms with Crippen LogP contribution in [0.4, 0.5) is 11.4 Å². The molecule has 0 aliphatic carbocycles. The van der Waals surface area contributed by atoms with E-state index >= 15 is 0 Å². The van der Waals surface area contributed by atoms with Gasteiger partial charge in [0.15, 0.2) is 0 Å². The van der Waals surface area contributed by atoms with Crippen molar-refractivity contribution in [3.63, 3.8) is 0 Å². The molecule has 3 aromatic carbocycles. The number of carbonyl (C=O) groups is 1. The van der Waals surface area contributed by atoms with Crippen LogP contribution in [0.15, 0.2) is 85.1 Å². The lowest BCUT2D eigenvalue weighted by molar-refractivity contribution is -0.384. The zero-order valence-electron chi connectivity index (χ0n) is 20.5. The van der Waals surface area contributed by atoms with Crippen LogP contribution >= 0.6 is 0 Å². The molecule has 1 fully saturated rings. The fourth-order valence-corrected chi connectivity index (χ4v) is 4.50. The highest BCUT2D eigenvalue weighted by molar-refractivity contribution is 6.00. The number of rotatable bonds is 7. The summed E-state index contributed by atoms with van der Waals surface area (Å²) in [5, 5.41) is 16.3. The van der Waals surface area contributed by atoms with Crippen molar-refractivity contribution in [2.24, 2.45) is 0 Å². The maximum atomic E-state index is 13.7. The number of ether oxygens (including phenoxy) is 1. The third-order valence-corrected chi connectivity index (χ3v) is 6.39. The summed E-state index contributed by atoms with van der Waals surface area (Å²) in [5.74, 6) is -0.295. The van der Waals surface area contributed by atoms with E-state index in [2.05, 4.69) is 0 Å². The molecule has 0 atom stereocenters. The number of hydrogen-bond donors (Lipinski definition) is 0. The van der Waals surface area contributed by atoms with Crippen molar-refractivity contribution in [2.75, 3.05) is 38.3 Å². The second-order valence-electron chi connectivity index (χ2n) is 8.87. The topological polar surface area (TPSA) is 93.7 Å². The van der Waals surface area contributed by atoms with Crippen molar-refractivity contribution in [3.05, 3.63) is 106 Å². The van der Waals surface area contributed by atoms with Gasteiger partial charge in [0.2, 0.25) is 0 Å². The Hall–Kier alpha value is -4.50. The first-order valence-electron chi connectivity index (χ1n) is 12.1. The van der Waals surface area contributed by atoms with E-state index in [1.807, 2.05) is 76.4 Å². The van der Waals surface area contributed by atoms with Crippen molar-refractivity contribution in [3.8, 4) is 16.9 Å². The monoisotopic (exact) mass is 497 g/mol. The van der Waals surface area contributed by atoms with Crippen molar-refractivity contribution in [1.29, 1.82) is 0 Å². The number of hydrogen-bond acceptors (Lipinski definition) is 6. The number of benzene rings is 3. The number of nitro benzene ring substituents is 1. The number of nitrogens with zero attached hydrogens (tertiary/aromatic N) is 5. The van der Waals surface area contributed by atoms with Gasteiger partial charge in [0.1, 0.15) is 0 Å². The second-order valence-corrected chi connectivity index (χ2v) is 8.87. The SMILES string of the molecule is CN(Cc1cn(-c2ccccc2)nc1-c1ccccc1)C(=O)c1cc([N+](=O)[O-])ccc1N1CCOCC1. The van der Waals surface area contributed by atoms with E-state index in [1.165, 1.54) is 12.1 Å². The van der Waals surface area contributed by atoms with Gasteiger partial charge in [-0.25, -0.2) is 4.68 Å². The Balaban J connectivity index is 1.49. The van der Waals surface area contributed by atoms with Crippen LogP contribution in [0, 0.1) is 10.1 Å². The smallest absolute Gasteiger partial charge is 0.270 e. The van der Waals surface area contributed by atoms with Gasteiger partial charge in [-0.15, -0.1) is 0 Å². The first-order chi connectivity index (χ1) is 18.0. The molecule has 1 saturated heterocycles. The normalized spacial score (nSPS) is 13.4. The summed E-state index contributed by atoms with van der Waals surface area (Å²) in [5.41, 5.74) is 4.35. The summed E-state index contributed by atoms with van der Waals surface area (Å²) in [6, 6.07) is 24.1. The van der Waals surface area contributed by atoms with Crippen LogP contribution in [0.3, 0.4) is 0 Å². The number of morpholine rings is 1. The van der Waals surface area contributed by atoms with E-state index in [4.69, 9.17) is 9.84 Å². The van der Waals surface area contributed by atoms with Crippen molar-refractivity contribution in [1.82, 2.24) is 14.7 Å². The lowest BCUT2D eigenvalue weighted by Crippen LogP contribution is -2.38. The molecule has 0 unspecified atom stereocenters. The number of anilines is 1. The number of amides is 1. The molecule has 5 rings (SSSR count). The Morgan fingerprint density at radius 3 is 2.38 bits per heavy atom. The Kier molecular flexibility index (Phi) is 6.96. The molecule has 9 heteroatoms. The molecular formula is C28H27N5O4. The van der Waals surface area contributed by atoms with Crippen LogP contribution in [-0.4, -0.2) is 58.9 Å². The molecule has 1 amide bonds. The molecule has 0 saturated carbocycles. The summed E-state index contributed by atoms with van der Waals surface area (Å²) in [6.45, 7) is 2.59. The highest BCUT2D eigenvalue weighted by Crippen LogP contribution is 2.29. The van der Waals surface area contributed by atoms with Crippen LogP contribution in [0.1, 0.15) is 15.9 Å². The van der Waals surface area contributed by atoms with Gasteiger partial charge in [-0.05, 0) is 18.2 Å². The number of nitro groups is 1. The molecule has 0 radical (unpaired) electrons. The number of carbonyl (C=O) groups excluding carboxylic acids is 1. The Morgan fingerprint density at radius 2 is 1.70 bits per heavy atom. The lowest BCUT2D eigenvalue weighted by Gasteiger charge is -2.31. The predicted octanol–water partition coefficient (Wildman–Crippen LogP) is 4.56. The lowest BCUT2D eigenvalue weighted by atomic mass is 10.1. The molecule has 0 N–H and O–H groups in total. The number of para-hydroxylation sites is 1. The molecule has 4 aromatic rings. The van der Waals surface area contributed by atoms with Gasteiger partial charge >= 0.3 is 0 Å². The predicted molar refractivity (Wildman–Crippen MR) is 141 cm³/mol. The van der Waals surface area contributed by atoms with E-state index in [0.717, 1.165) is 22.5 Å². The minimum atomic E-state index is -0.475. The standard InChI is InChI=1S/C28H27N5O4/c1-30(28(34)25-18-24(33(35)36)12-13-26(25)31-14-16-37-17-15-31)19-22-20-32(23-10-6-3-7-11-23)29-27(22)21-8-4-2-5-9-21/h2-13,18,20H,14-17,19H2,1H3. The van der Waals surface area contributed by atoms with E-state index in [1.54, 1.807) is 18.0 Å². The quantitative estimate of drug-likeness (QED) is 0.275. The summed E-state index contributed by atoms with van der Waals surface area (Å²) < 4.78 is 7.26. The van der Waals surface area contributed by atoms with Crippen LogP contribution in [-0.2, 0) is 11.3 Å². The fraction of sp³-hybridized carbons (Fsp3) is 0.214. The summed E-state index contributed by atoms with van der Waals surface area (Å²) in [4.78, 5) is 28.4. The van der Waals surface area contributed by atoms with Gasteiger partial charge in [-0.3, -0.25) is 14.9 Å². The first-order valence-corrected chi connectivity index (χ1v) is 12.1. The third kappa shape index (κ3) is 5.22. The van der Waals surface area contributed by atoms with Crippen molar-refractivity contribution >= 4 is 17.3 Å². The maximum absolute atomic E-state index is 13.7. The third-order valence-electron chi connectivity index (χ3n) is 6.39. The largest absolute Gasteiger partial charge is 0.378 e. The maximum Gasteiger partial charge on any atom is 0.270 e. The van der Waals surface area contributed by atoms with Gasteiger partial charge in [0, 0.05) is 56.1 Å².